The molecular formula is C27H30N2O5. The average molecular weight is 463 g/mol. The Morgan fingerprint density at radius 1 is 0.941 bits per heavy atom. The highest BCUT2D eigenvalue weighted by Crippen LogP contribution is 2.46. The predicted molar refractivity (Wildman–Crippen MR) is 126 cm³/mol. The van der Waals surface area contributed by atoms with Gasteiger partial charge in [0, 0.05) is 19.0 Å². The fraction of sp³-hybridized carbons (Fsp3) is 0.444. The lowest BCUT2D eigenvalue weighted by Gasteiger charge is -2.20. The second-order valence-corrected chi connectivity index (χ2v) is 9.81. The first kappa shape index (κ1) is 22.4. The monoisotopic (exact) mass is 462 g/mol. The summed E-state index contributed by atoms with van der Waals surface area (Å²) in [5, 5.41) is 15.0. The van der Waals surface area contributed by atoms with Crippen molar-refractivity contribution in [2.45, 2.75) is 38.0 Å². The molecule has 0 bridgehead atoms. The van der Waals surface area contributed by atoms with Crippen LogP contribution < -0.4 is 10.6 Å². The number of carboxylic acids is 1. The molecule has 0 spiro atoms. The number of carboxylic acid groups (broad SMARTS) is 1. The Kier molecular flexibility index (Phi) is 6.02. The Bertz CT molecular complexity index is 1060. The smallest absolute Gasteiger partial charge is 0.407 e. The van der Waals surface area contributed by atoms with E-state index in [-0.39, 0.29) is 36.8 Å². The Morgan fingerprint density at radius 2 is 1.59 bits per heavy atom. The number of rotatable bonds is 8. The molecule has 2 atom stereocenters. The fourth-order valence-electron chi connectivity index (χ4n) is 5.54. The van der Waals surface area contributed by atoms with Crippen molar-refractivity contribution in [3.8, 4) is 11.1 Å². The molecule has 2 saturated carbocycles. The summed E-state index contributed by atoms with van der Waals surface area (Å²) in [5.74, 6) is -1.30. The van der Waals surface area contributed by atoms with Crippen LogP contribution >= 0.6 is 0 Å². The number of hydrogen-bond acceptors (Lipinski definition) is 4. The molecule has 2 aromatic carbocycles. The number of ether oxygens (including phenoxy) is 1. The summed E-state index contributed by atoms with van der Waals surface area (Å²) in [6, 6.07) is 16.4. The number of alkyl carbamates (subject to hydrolysis) is 1. The Hall–Kier alpha value is -3.35. The third kappa shape index (κ3) is 4.27. The number of hydrogen-bond donors (Lipinski definition) is 3. The van der Waals surface area contributed by atoms with Gasteiger partial charge in [-0.25, -0.2) is 4.79 Å². The molecule has 0 saturated heterocycles. The van der Waals surface area contributed by atoms with Gasteiger partial charge in [-0.15, -0.1) is 0 Å². The van der Waals surface area contributed by atoms with Gasteiger partial charge >= 0.3 is 12.1 Å². The lowest BCUT2D eigenvalue weighted by Crippen LogP contribution is -2.43. The summed E-state index contributed by atoms with van der Waals surface area (Å²) >= 11 is 0. The van der Waals surface area contributed by atoms with Crippen molar-refractivity contribution in [2.75, 3.05) is 19.7 Å². The normalized spacial score (nSPS) is 21.9. The van der Waals surface area contributed by atoms with Crippen LogP contribution in [0.15, 0.2) is 48.5 Å². The maximum absolute atomic E-state index is 12.8. The second kappa shape index (κ2) is 9.12. The minimum absolute atomic E-state index is 0.00933. The van der Waals surface area contributed by atoms with Crippen LogP contribution in [0.2, 0.25) is 0 Å². The van der Waals surface area contributed by atoms with E-state index in [0.29, 0.717) is 25.8 Å². The van der Waals surface area contributed by atoms with Gasteiger partial charge < -0.3 is 20.5 Å². The van der Waals surface area contributed by atoms with Crippen molar-refractivity contribution in [2.24, 2.45) is 17.3 Å². The number of amides is 2. The number of carbonyl (C=O) groups is 3. The molecule has 2 amide bonds. The highest BCUT2D eigenvalue weighted by molar-refractivity contribution is 5.86. The zero-order valence-corrected chi connectivity index (χ0v) is 19.1. The van der Waals surface area contributed by atoms with Crippen molar-refractivity contribution in [1.82, 2.24) is 10.6 Å². The quantitative estimate of drug-likeness (QED) is 0.552. The van der Waals surface area contributed by atoms with Gasteiger partial charge in [0.2, 0.25) is 5.91 Å². The van der Waals surface area contributed by atoms with E-state index in [1.807, 2.05) is 24.3 Å². The van der Waals surface area contributed by atoms with E-state index >= 15 is 0 Å². The lowest BCUT2D eigenvalue weighted by atomic mass is 9.95. The maximum Gasteiger partial charge on any atom is 0.407 e. The molecule has 0 aliphatic heterocycles. The Labute approximate surface area is 198 Å². The summed E-state index contributed by atoms with van der Waals surface area (Å²) in [6.45, 7) is 0.836. The molecule has 7 heteroatoms. The van der Waals surface area contributed by atoms with Gasteiger partial charge in [-0.3, -0.25) is 9.59 Å². The molecule has 3 aliphatic rings. The van der Waals surface area contributed by atoms with Crippen LogP contribution in [0, 0.1) is 17.3 Å². The van der Waals surface area contributed by atoms with Gasteiger partial charge in [0.1, 0.15) is 6.61 Å². The van der Waals surface area contributed by atoms with Gasteiger partial charge in [0.25, 0.3) is 0 Å². The van der Waals surface area contributed by atoms with E-state index in [2.05, 4.69) is 34.9 Å². The van der Waals surface area contributed by atoms with Crippen LogP contribution in [0.3, 0.4) is 0 Å². The third-order valence-corrected chi connectivity index (χ3v) is 7.75. The van der Waals surface area contributed by atoms with E-state index in [1.54, 1.807) is 0 Å². The standard InChI is InChI=1S/C27H30N2O5/c30-24(31)18-11-5-6-17(18)14-28-25(32)27(12-13-27)16-29-26(33)34-15-23-21-9-3-1-7-19(21)20-8-2-4-10-22(20)23/h1-4,7-10,17-18,23H,5-6,11-16H2,(H,28,32)(H,29,33)(H,30,31). The van der Waals surface area contributed by atoms with Crippen LogP contribution in [0.25, 0.3) is 11.1 Å². The molecule has 2 unspecified atom stereocenters. The second-order valence-electron chi connectivity index (χ2n) is 9.81. The summed E-state index contributed by atoms with van der Waals surface area (Å²) in [6.07, 6.45) is 3.26. The molecule has 0 radical (unpaired) electrons. The van der Waals surface area contributed by atoms with Crippen molar-refractivity contribution in [3.63, 3.8) is 0 Å². The Balaban J connectivity index is 1.12. The van der Waals surface area contributed by atoms with E-state index in [0.717, 1.165) is 24.0 Å². The third-order valence-electron chi connectivity index (χ3n) is 7.75. The Morgan fingerprint density at radius 3 is 2.21 bits per heavy atom. The highest BCUT2D eigenvalue weighted by atomic mass is 16.5. The van der Waals surface area contributed by atoms with Gasteiger partial charge in [-0.2, -0.15) is 0 Å². The summed E-state index contributed by atoms with van der Waals surface area (Å²) in [5.41, 5.74) is 4.05. The van der Waals surface area contributed by atoms with Gasteiger partial charge in [0.15, 0.2) is 0 Å². The first-order valence-corrected chi connectivity index (χ1v) is 12.1. The minimum Gasteiger partial charge on any atom is -0.481 e. The summed E-state index contributed by atoms with van der Waals surface area (Å²) in [4.78, 5) is 36.6. The molecule has 0 heterocycles. The van der Waals surface area contributed by atoms with Gasteiger partial charge in [0.05, 0.1) is 11.3 Å². The molecule has 3 N–H and O–H groups in total. The molecule has 2 aromatic rings. The first-order valence-electron chi connectivity index (χ1n) is 12.1. The number of carbonyl (C=O) groups excluding carboxylic acids is 2. The van der Waals surface area contributed by atoms with E-state index in [9.17, 15) is 19.5 Å². The number of fused-ring (bicyclic) bond motifs is 3. The van der Waals surface area contributed by atoms with Gasteiger partial charge in [-0.05, 0) is 53.9 Å². The van der Waals surface area contributed by atoms with Crippen molar-refractivity contribution >= 4 is 18.0 Å². The molecule has 3 aliphatic carbocycles. The van der Waals surface area contributed by atoms with Crippen molar-refractivity contribution in [1.29, 1.82) is 0 Å². The van der Waals surface area contributed by atoms with E-state index in [1.165, 1.54) is 11.1 Å². The number of nitrogens with one attached hydrogen (secondary N) is 2. The SMILES string of the molecule is O=C(NCC1(C(=O)NCC2CCCC2C(=O)O)CC1)OCC1c2ccccc2-c2ccccc21. The average Bonchev–Trinajstić information content (AvgIpc) is 3.37. The lowest BCUT2D eigenvalue weighted by molar-refractivity contribution is -0.143. The molecule has 0 aromatic heterocycles. The minimum atomic E-state index is -0.783. The van der Waals surface area contributed by atoms with Crippen molar-refractivity contribution < 1.29 is 24.2 Å². The maximum atomic E-state index is 12.8. The topological polar surface area (TPSA) is 105 Å². The zero-order chi connectivity index (χ0) is 23.7. The zero-order valence-electron chi connectivity index (χ0n) is 19.1. The molecule has 34 heavy (non-hydrogen) atoms. The first-order chi connectivity index (χ1) is 16.5. The number of aliphatic carboxylic acids is 1. The van der Waals surface area contributed by atoms with Crippen LogP contribution in [0.1, 0.15) is 49.1 Å². The van der Waals surface area contributed by atoms with Crippen LogP contribution in [-0.2, 0) is 14.3 Å². The predicted octanol–water partition coefficient (Wildman–Crippen LogP) is 3.92. The number of benzene rings is 2. The van der Waals surface area contributed by atoms with Crippen LogP contribution in [-0.4, -0.2) is 42.8 Å². The van der Waals surface area contributed by atoms with Gasteiger partial charge in [-0.1, -0.05) is 55.0 Å². The van der Waals surface area contributed by atoms with Crippen LogP contribution in [0.5, 0.6) is 0 Å². The largest absolute Gasteiger partial charge is 0.481 e. The molecule has 2 fully saturated rings. The van der Waals surface area contributed by atoms with E-state index in [4.69, 9.17) is 4.74 Å². The summed E-state index contributed by atoms with van der Waals surface area (Å²) in [7, 11) is 0. The highest BCUT2D eigenvalue weighted by Gasteiger charge is 2.50. The molecule has 5 rings (SSSR count). The molecular weight excluding hydrogens is 432 g/mol. The molecule has 178 valence electrons. The molecule has 7 nitrogen and oxygen atoms in total. The van der Waals surface area contributed by atoms with Crippen molar-refractivity contribution in [3.05, 3.63) is 59.7 Å². The van der Waals surface area contributed by atoms with E-state index < -0.39 is 17.5 Å². The van der Waals surface area contributed by atoms with Crippen LogP contribution in [0.4, 0.5) is 4.79 Å². The summed E-state index contributed by atoms with van der Waals surface area (Å²) < 4.78 is 5.58. The fourth-order valence-corrected chi connectivity index (χ4v) is 5.54.